The van der Waals surface area contributed by atoms with Crippen molar-refractivity contribution in [3.8, 4) is 0 Å². The van der Waals surface area contributed by atoms with Crippen molar-refractivity contribution < 1.29 is 50.7 Å². The summed E-state index contributed by atoms with van der Waals surface area (Å²) >= 11 is 0. The molecule has 2 aliphatic rings. The minimum absolute atomic E-state index is 0. The molecule has 2 aliphatic carbocycles. The van der Waals surface area contributed by atoms with E-state index < -0.39 is 7.92 Å². The molecule has 0 aromatic heterocycles. The molecule has 6 rings (SSSR count). The minimum atomic E-state index is -0.493. The molecule has 0 aliphatic heterocycles. The zero-order valence-corrected chi connectivity index (χ0v) is 24.9. The smallest absolute Gasteiger partial charge is 1.00 e. The third-order valence-corrected chi connectivity index (χ3v) is 8.53. The summed E-state index contributed by atoms with van der Waals surface area (Å²) in [4.78, 5) is 0. The normalized spacial score (nSPS) is 17.6. The fraction of sp³-hybridized carbons (Fsp3) is 0.133. The average Bonchev–Trinajstić information content (AvgIpc) is 3.48. The van der Waals surface area contributed by atoms with Crippen LogP contribution in [-0.4, -0.2) is 0 Å². The maximum atomic E-state index is 2.42. The van der Waals surface area contributed by atoms with Crippen LogP contribution in [0.25, 0.3) is 10.8 Å². The van der Waals surface area contributed by atoms with Gasteiger partial charge in [0.15, 0.2) is 0 Å². The molecule has 1 fully saturated rings. The van der Waals surface area contributed by atoms with Gasteiger partial charge in [0, 0.05) is 0 Å². The van der Waals surface area contributed by atoms with Crippen LogP contribution >= 0.6 is 7.92 Å². The van der Waals surface area contributed by atoms with Crippen LogP contribution in [0.3, 0.4) is 0 Å². The van der Waals surface area contributed by atoms with E-state index in [1.54, 1.807) is 0 Å². The standard InChI is InChI=1S/C21H16P.C9H11.2ClH.Hf/c1-3-11-19(12-4-1)22(20-13-5-2-6-14-20)21-15-17-9-7-8-10-18(17)16-21;1-2-5-9-7-3-6-8(9)4-1;;;/h1-16H;1-2,4-6,8-9H,3,7H2;2*1H;/q2*-1;;;+4/p-2. The summed E-state index contributed by atoms with van der Waals surface area (Å²) in [5.41, 5.74) is 0. The van der Waals surface area contributed by atoms with Crippen molar-refractivity contribution in [2.24, 2.45) is 11.8 Å². The second-order valence-electron chi connectivity index (χ2n) is 8.17. The van der Waals surface area contributed by atoms with E-state index in [4.69, 9.17) is 0 Å². The molecule has 0 heterocycles. The molecule has 0 bridgehead atoms. The van der Waals surface area contributed by atoms with E-state index in [0.717, 1.165) is 11.8 Å². The van der Waals surface area contributed by atoms with Crippen LogP contribution in [0.2, 0.25) is 0 Å². The van der Waals surface area contributed by atoms with Crippen molar-refractivity contribution in [2.45, 2.75) is 12.8 Å². The van der Waals surface area contributed by atoms with Gasteiger partial charge in [0.05, 0.1) is 0 Å². The Hall–Kier alpha value is -1.37. The Morgan fingerprint density at radius 3 is 1.91 bits per heavy atom. The molecule has 0 amide bonds. The first kappa shape index (κ1) is 28.9. The van der Waals surface area contributed by atoms with Gasteiger partial charge in [-0.05, 0) is 24.4 Å². The Labute approximate surface area is 236 Å². The summed E-state index contributed by atoms with van der Waals surface area (Å²) < 4.78 is 0. The predicted molar refractivity (Wildman–Crippen MR) is 137 cm³/mol. The van der Waals surface area contributed by atoms with Gasteiger partial charge in [-0.2, -0.15) is 12.5 Å². The van der Waals surface area contributed by atoms with Crippen LogP contribution in [0, 0.1) is 18.3 Å². The second-order valence-corrected chi connectivity index (χ2v) is 10.4. The number of hydrogen-bond acceptors (Lipinski definition) is 0. The van der Waals surface area contributed by atoms with Gasteiger partial charge in [-0.15, -0.1) is 52.3 Å². The van der Waals surface area contributed by atoms with Gasteiger partial charge in [0.25, 0.3) is 0 Å². The first-order chi connectivity index (χ1) is 15.4. The molecule has 170 valence electrons. The molecule has 0 N–H and O–H groups in total. The fourth-order valence-corrected chi connectivity index (χ4v) is 6.93. The number of hydrogen-bond donors (Lipinski definition) is 0. The molecule has 2 atom stereocenters. The van der Waals surface area contributed by atoms with Gasteiger partial charge in [0.2, 0.25) is 0 Å². The van der Waals surface area contributed by atoms with Gasteiger partial charge in [-0.1, -0.05) is 91.4 Å². The Bertz CT molecular complexity index is 1090. The van der Waals surface area contributed by atoms with Crippen molar-refractivity contribution >= 4 is 34.6 Å². The van der Waals surface area contributed by atoms with Gasteiger partial charge < -0.3 is 31.2 Å². The summed E-state index contributed by atoms with van der Waals surface area (Å²) in [6.07, 6.45) is 14.1. The van der Waals surface area contributed by atoms with E-state index in [0.29, 0.717) is 0 Å². The SMILES string of the molecule is C1=CC2[CH-]CCC2C=C1.[Cl-].[Cl-].[Hf+4].c1ccc(P(c2ccccc2)c2cc3ccccc3[cH-]2)cc1. The first-order valence-electron chi connectivity index (χ1n) is 11.1. The maximum Gasteiger partial charge on any atom is 4.00 e. The number of rotatable bonds is 3. The first-order valence-corrected chi connectivity index (χ1v) is 12.5. The third-order valence-electron chi connectivity index (χ3n) is 6.13. The van der Waals surface area contributed by atoms with Gasteiger partial charge in [-0.25, -0.2) is 0 Å². The van der Waals surface area contributed by atoms with Gasteiger partial charge in [0.1, 0.15) is 0 Å². The van der Waals surface area contributed by atoms with Crippen LogP contribution in [0.4, 0.5) is 0 Å². The number of halogens is 2. The molecule has 0 spiro atoms. The molecule has 4 heteroatoms. The Morgan fingerprint density at radius 1 is 0.706 bits per heavy atom. The summed E-state index contributed by atoms with van der Waals surface area (Å²) in [6.45, 7) is 0. The zero-order chi connectivity index (χ0) is 20.9. The van der Waals surface area contributed by atoms with Crippen molar-refractivity contribution in [1.29, 1.82) is 0 Å². The van der Waals surface area contributed by atoms with Gasteiger partial charge >= 0.3 is 25.8 Å². The molecule has 0 radical (unpaired) electrons. The summed E-state index contributed by atoms with van der Waals surface area (Å²) in [5.74, 6) is 1.62. The monoisotopic (exact) mass is 668 g/mol. The topological polar surface area (TPSA) is 0 Å². The van der Waals surface area contributed by atoms with Crippen LogP contribution in [0.5, 0.6) is 0 Å². The summed E-state index contributed by atoms with van der Waals surface area (Å²) in [5, 5.41) is 6.89. The third kappa shape index (κ3) is 6.86. The fourth-order valence-electron chi connectivity index (χ4n) is 4.56. The molecule has 4 aromatic rings. The Kier molecular flexibility index (Phi) is 12.1. The molecule has 34 heavy (non-hydrogen) atoms. The molecule has 4 aromatic carbocycles. The maximum absolute atomic E-state index is 2.42. The number of fused-ring (bicyclic) bond motifs is 2. The van der Waals surface area contributed by atoms with E-state index in [2.05, 4.69) is 128 Å². The van der Waals surface area contributed by atoms with Crippen molar-refractivity contribution in [3.05, 3.63) is 128 Å². The number of benzene rings is 3. The Balaban J connectivity index is 0.000000290. The second kappa shape index (κ2) is 14.3. The van der Waals surface area contributed by atoms with Gasteiger partial charge in [-0.3, -0.25) is 0 Å². The van der Waals surface area contributed by atoms with E-state index >= 15 is 0 Å². The van der Waals surface area contributed by atoms with E-state index in [-0.39, 0.29) is 50.7 Å². The van der Waals surface area contributed by atoms with Crippen molar-refractivity contribution in [3.63, 3.8) is 0 Å². The molecule has 1 saturated carbocycles. The van der Waals surface area contributed by atoms with E-state index in [9.17, 15) is 0 Å². The van der Waals surface area contributed by atoms with Crippen LogP contribution in [-0.2, 0) is 25.8 Å². The van der Waals surface area contributed by atoms with Crippen LogP contribution in [0.15, 0.2) is 121 Å². The quantitative estimate of drug-likeness (QED) is 0.171. The van der Waals surface area contributed by atoms with E-state index in [1.165, 1.54) is 39.5 Å². The molecular weight excluding hydrogens is 641 g/mol. The van der Waals surface area contributed by atoms with Crippen molar-refractivity contribution in [2.75, 3.05) is 0 Å². The summed E-state index contributed by atoms with van der Waals surface area (Å²) in [7, 11) is -0.493. The van der Waals surface area contributed by atoms with Crippen molar-refractivity contribution in [1.82, 2.24) is 0 Å². The number of allylic oxidation sites excluding steroid dienone is 4. The van der Waals surface area contributed by atoms with Crippen LogP contribution < -0.4 is 40.7 Å². The van der Waals surface area contributed by atoms with E-state index in [1.807, 2.05) is 0 Å². The zero-order valence-electron chi connectivity index (χ0n) is 18.9. The summed E-state index contributed by atoms with van der Waals surface area (Å²) in [6, 6.07) is 35.0. The predicted octanol–water partition coefficient (Wildman–Crippen LogP) is 0.665. The Morgan fingerprint density at radius 2 is 1.29 bits per heavy atom. The van der Waals surface area contributed by atoms with Crippen LogP contribution in [0.1, 0.15) is 12.8 Å². The molecule has 0 nitrogen and oxygen atoms in total. The molecule has 2 unspecified atom stereocenters. The molecular formula is C30H27Cl2HfP. The molecule has 0 saturated heterocycles. The minimum Gasteiger partial charge on any atom is -1.00 e. The largest absolute Gasteiger partial charge is 4.00 e. The average molecular weight is 668 g/mol.